The number of amides is 1. The van der Waals surface area contributed by atoms with Crippen LogP contribution in [-0.2, 0) is 18.4 Å². The molecule has 9 heteroatoms. The van der Waals surface area contributed by atoms with Crippen LogP contribution in [0.1, 0.15) is 162 Å². The topological polar surface area (TPSA) is 105 Å². The quantitative estimate of drug-likeness (QED) is 0.0245. The van der Waals surface area contributed by atoms with E-state index in [4.69, 9.17) is 9.05 Å². The van der Waals surface area contributed by atoms with Gasteiger partial charge in [-0.05, 0) is 83.5 Å². The summed E-state index contributed by atoms with van der Waals surface area (Å²) in [6.45, 7) is 4.62. The molecule has 0 rings (SSSR count). The highest BCUT2D eigenvalue weighted by Gasteiger charge is 2.27. The number of aliphatic hydroxyl groups excluding tert-OH is 1. The smallest absolute Gasteiger partial charge is 0.387 e. The molecular formula is C52H90N2O6P+. The van der Waals surface area contributed by atoms with Crippen LogP contribution in [0.25, 0.3) is 0 Å². The highest BCUT2D eigenvalue weighted by atomic mass is 31.2. The maximum atomic E-state index is 12.9. The molecule has 0 radical (unpaired) electrons. The summed E-state index contributed by atoms with van der Waals surface area (Å²) in [7, 11) is 1.53. The summed E-state index contributed by atoms with van der Waals surface area (Å²) in [5.41, 5.74) is 0. The number of carbonyl (C=O) groups is 1. The number of carbonyl (C=O) groups excluding carboxylic acids is 1. The standard InChI is InChI=1S/C52H89N2O6P/c1-6-8-10-12-14-16-18-19-20-21-22-23-24-25-26-27-28-29-30-31-32-33-34-35-36-38-40-42-44-46-52(56)53-50(49-60-61(57,58)59-48-47-54(3,4)5)51(55)45-43-41-39-37-17-15-13-11-9-7-2/h8,10,14,16,19-20,22-23,25-26,28-29,31-32,34-35,43,45,50-51,55H,6-7,9,11-13,15,17-18,21,24,27,30,33,36-42,44,46-49H2,1-5H3,(H-,53,56,57,58)/p+1/b10-8-,16-14-,20-19-,23-22-,26-25-,29-28-,32-31-,35-34-,45-43+. The zero-order valence-electron chi connectivity index (χ0n) is 39.4. The van der Waals surface area contributed by atoms with Crippen LogP contribution in [0, 0.1) is 0 Å². The normalized spacial score (nSPS) is 15.2. The minimum Gasteiger partial charge on any atom is -0.387 e. The summed E-state index contributed by atoms with van der Waals surface area (Å²) < 4.78 is 23.5. The van der Waals surface area contributed by atoms with Gasteiger partial charge in [-0.3, -0.25) is 13.8 Å². The largest absolute Gasteiger partial charge is 0.472 e. The third kappa shape index (κ3) is 45.0. The first-order valence-corrected chi connectivity index (χ1v) is 25.3. The lowest BCUT2D eigenvalue weighted by Crippen LogP contribution is -2.45. The second-order valence-electron chi connectivity index (χ2n) is 16.8. The monoisotopic (exact) mass is 870 g/mol. The first-order valence-electron chi connectivity index (χ1n) is 23.8. The van der Waals surface area contributed by atoms with Crippen molar-refractivity contribution in [2.75, 3.05) is 40.9 Å². The molecule has 61 heavy (non-hydrogen) atoms. The van der Waals surface area contributed by atoms with Gasteiger partial charge in [0.05, 0.1) is 39.9 Å². The highest BCUT2D eigenvalue weighted by Crippen LogP contribution is 2.43. The fraction of sp³-hybridized carbons (Fsp3) is 0.635. The van der Waals surface area contributed by atoms with Crippen molar-refractivity contribution in [1.29, 1.82) is 0 Å². The number of likely N-dealkylation sites (N-methyl/N-ethyl adjacent to an activating group) is 1. The van der Waals surface area contributed by atoms with Crippen LogP contribution in [0.5, 0.6) is 0 Å². The Morgan fingerprint density at radius 2 is 0.984 bits per heavy atom. The SMILES string of the molecule is CC/C=C\C/C=C\C/C=C\C/C=C\C/C=C\C/C=C\C/C=C\C/C=C\CCCCCCC(=O)NC(COP(=O)(O)OCC[N+](C)(C)C)C(O)/C=C/CCCCCCCCCC. The lowest BCUT2D eigenvalue weighted by atomic mass is 10.1. The van der Waals surface area contributed by atoms with E-state index in [-0.39, 0.29) is 19.1 Å². The predicted molar refractivity (Wildman–Crippen MR) is 262 cm³/mol. The number of quaternary nitrogens is 1. The van der Waals surface area contributed by atoms with E-state index in [2.05, 4.69) is 116 Å². The van der Waals surface area contributed by atoms with E-state index >= 15 is 0 Å². The molecule has 3 unspecified atom stereocenters. The van der Waals surface area contributed by atoms with Gasteiger partial charge in [0.25, 0.3) is 0 Å². The number of unbranched alkanes of at least 4 members (excludes halogenated alkanes) is 12. The summed E-state index contributed by atoms with van der Waals surface area (Å²) in [6, 6.07) is -0.866. The van der Waals surface area contributed by atoms with Gasteiger partial charge in [0.15, 0.2) is 0 Å². The van der Waals surface area contributed by atoms with Gasteiger partial charge >= 0.3 is 7.82 Å². The Kier molecular flexibility index (Phi) is 40.5. The third-order valence-corrected chi connectivity index (χ3v) is 10.7. The molecule has 0 aliphatic carbocycles. The molecular weight excluding hydrogens is 780 g/mol. The van der Waals surface area contributed by atoms with Gasteiger partial charge in [-0.15, -0.1) is 0 Å². The lowest BCUT2D eigenvalue weighted by Gasteiger charge is -2.25. The van der Waals surface area contributed by atoms with E-state index in [1.54, 1.807) is 6.08 Å². The van der Waals surface area contributed by atoms with Crippen LogP contribution in [0.2, 0.25) is 0 Å². The fourth-order valence-electron chi connectivity index (χ4n) is 6.00. The minimum atomic E-state index is -4.35. The maximum absolute atomic E-state index is 12.9. The molecule has 0 fully saturated rings. The molecule has 3 N–H and O–H groups in total. The zero-order valence-corrected chi connectivity index (χ0v) is 40.2. The Balaban J connectivity index is 4.32. The first kappa shape index (κ1) is 58.2. The number of phosphoric ester groups is 1. The number of nitrogens with one attached hydrogen (secondary N) is 1. The second kappa shape index (κ2) is 42.5. The Bertz CT molecular complexity index is 1350. The summed E-state index contributed by atoms with van der Waals surface area (Å²) in [6.07, 6.45) is 61.7. The van der Waals surface area contributed by atoms with Crippen molar-refractivity contribution in [3.8, 4) is 0 Å². The number of hydrogen-bond donors (Lipinski definition) is 3. The fourth-order valence-corrected chi connectivity index (χ4v) is 6.73. The molecule has 0 heterocycles. The summed E-state index contributed by atoms with van der Waals surface area (Å²) in [5.74, 6) is -0.210. The minimum absolute atomic E-state index is 0.0495. The first-order chi connectivity index (χ1) is 29.5. The molecule has 348 valence electrons. The van der Waals surface area contributed by atoms with Gasteiger partial charge in [0, 0.05) is 6.42 Å². The Hall–Kier alpha value is -2.84. The van der Waals surface area contributed by atoms with Gasteiger partial charge in [-0.2, -0.15) is 0 Å². The van der Waals surface area contributed by atoms with Crippen molar-refractivity contribution < 1.29 is 32.9 Å². The predicted octanol–water partition coefficient (Wildman–Crippen LogP) is 13.7. The van der Waals surface area contributed by atoms with E-state index < -0.39 is 20.0 Å². The summed E-state index contributed by atoms with van der Waals surface area (Å²) >= 11 is 0. The molecule has 8 nitrogen and oxygen atoms in total. The van der Waals surface area contributed by atoms with Gasteiger partial charge in [0.2, 0.25) is 5.91 Å². The molecule has 0 aromatic rings. The second-order valence-corrected chi connectivity index (χ2v) is 18.2. The van der Waals surface area contributed by atoms with Gasteiger partial charge in [0.1, 0.15) is 13.2 Å². The average molecular weight is 870 g/mol. The Morgan fingerprint density at radius 3 is 1.44 bits per heavy atom. The van der Waals surface area contributed by atoms with Crippen molar-refractivity contribution in [3.05, 3.63) is 109 Å². The van der Waals surface area contributed by atoms with E-state index in [1.165, 1.54) is 38.5 Å². The van der Waals surface area contributed by atoms with Gasteiger partial charge in [-0.1, -0.05) is 181 Å². The average Bonchev–Trinajstić information content (AvgIpc) is 3.21. The van der Waals surface area contributed by atoms with Crippen LogP contribution in [-0.4, -0.2) is 73.4 Å². The molecule has 0 saturated heterocycles. The Morgan fingerprint density at radius 1 is 0.574 bits per heavy atom. The highest BCUT2D eigenvalue weighted by molar-refractivity contribution is 7.47. The summed E-state index contributed by atoms with van der Waals surface area (Å²) in [4.78, 5) is 23.1. The van der Waals surface area contributed by atoms with Crippen molar-refractivity contribution in [2.45, 2.75) is 174 Å². The molecule has 0 bridgehead atoms. The lowest BCUT2D eigenvalue weighted by molar-refractivity contribution is -0.870. The molecule has 0 aromatic heterocycles. The van der Waals surface area contributed by atoms with Crippen molar-refractivity contribution in [1.82, 2.24) is 5.32 Å². The third-order valence-electron chi connectivity index (χ3n) is 9.75. The molecule has 0 aliphatic heterocycles. The zero-order chi connectivity index (χ0) is 45.0. The van der Waals surface area contributed by atoms with Crippen LogP contribution in [0.15, 0.2) is 109 Å². The van der Waals surface area contributed by atoms with Crippen LogP contribution < -0.4 is 5.32 Å². The number of aliphatic hydroxyl groups is 1. The number of hydrogen-bond acceptors (Lipinski definition) is 5. The number of allylic oxidation sites excluding steroid dienone is 17. The van der Waals surface area contributed by atoms with E-state index in [0.29, 0.717) is 17.4 Å². The molecule has 0 spiro atoms. The van der Waals surface area contributed by atoms with E-state index in [1.807, 2.05) is 27.2 Å². The molecule has 3 atom stereocenters. The van der Waals surface area contributed by atoms with Crippen molar-refractivity contribution >= 4 is 13.7 Å². The van der Waals surface area contributed by atoms with Gasteiger partial charge in [-0.25, -0.2) is 4.57 Å². The van der Waals surface area contributed by atoms with Crippen molar-refractivity contribution in [3.63, 3.8) is 0 Å². The number of phosphoric acid groups is 1. The van der Waals surface area contributed by atoms with Crippen LogP contribution in [0.4, 0.5) is 0 Å². The van der Waals surface area contributed by atoms with E-state index in [9.17, 15) is 19.4 Å². The van der Waals surface area contributed by atoms with Gasteiger partial charge < -0.3 is 19.8 Å². The van der Waals surface area contributed by atoms with Crippen molar-refractivity contribution in [2.24, 2.45) is 0 Å². The van der Waals surface area contributed by atoms with E-state index in [0.717, 1.165) is 103 Å². The number of rotatable bonds is 41. The molecule has 0 aromatic carbocycles. The molecule has 0 aliphatic rings. The number of nitrogens with zero attached hydrogens (tertiary/aromatic N) is 1. The molecule has 0 saturated carbocycles. The molecule has 1 amide bonds. The Labute approximate surface area is 374 Å². The van der Waals surface area contributed by atoms with Crippen LogP contribution in [0.3, 0.4) is 0 Å². The summed E-state index contributed by atoms with van der Waals surface area (Å²) in [5, 5.41) is 13.8. The van der Waals surface area contributed by atoms with Crippen LogP contribution >= 0.6 is 7.82 Å². The maximum Gasteiger partial charge on any atom is 0.472 e.